The second kappa shape index (κ2) is 4.46. The van der Waals surface area contributed by atoms with Gasteiger partial charge in [-0.05, 0) is 43.0 Å². The minimum atomic E-state index is 0.272. The number of aryl methyl sites for hydroxylation is 1. The molecule has 1 aliphatic rings. The molecule has 2 unspecified atom stereocenters. The molecule has 3 rings (SSSR count). The largest absolute Gasteiger partial charge is 0.508 e. The van der Waals surface area contributed by atoms with E-state index in [1.165, 1.54) is 16.7 Å². The van der Waals surface area contributed by atoms with Crippen molar-refractivity contribution in [3.63, 3.8) is 0 Å². The normalized spacial score (nSPS) is 19.7. The van der Waals surface area contributed by atoms with Gasteiger partial charge in [0.25, 0.3) is 0 Å². The summed E-state index contributed by atoms with van der Waals surface area (Å²) in [4.78, 5) is 0. The Morgan fingerprint density at radius 3 is 3.17 bits per heavy atom. The second-order valence-electron chi connectivity index (χ2n) is 4.89. The summed E-state index contributed by atoms with van der Waals surface area (Å²) in [5, 5.41) is 19.9. The van der Waals surface area contributed by atoms with Crippen LogP contribution in [-0.4, -0.2) is 15.3 Å². The van der Waals surface area contributed by atoms with E-state index in [2.05, 4.69) is 22.4 Å². The zero-order chi connectivity index (χ0) is 12.5. The molecule has 1 aliphatic carbocycles. The fourth-order valence-corrected chi connectivity index (χ4v) is 2.67. The Morgan fingerprint density at radius 2 is 2.39 bits per heavy atom. The molecule has 0 saturated heterocycles. The summed E-state index contributed by atoms with van der Waals surface area (Å²) in [5.74, 6) is 0.359. The molecule has 1 heterocycles. The van der Waals surface area contributed by atoms with Crippen molar-refractivity contribution in [3.05, 3.63) is 47.3 Å². The van der Waals surface area contributed by atoms with Crippen LogP contribution in [0.1, 0.15) is 42.1 Å². The van der Waals surface area contributed by atoms with E-state index in [0.717, 1.165) is 12.8 Å². The molecule has 0 saturated carbocycles. The lowest BCUT2D eigenvalue weighted by atomic mass is 10.1. The Kier molecular flexibility index (Phi) is 2.80. The monoisotopic (exact) mass is 243 g/mol. The number of nitrogens with zero attached hydrogens (tertiary/aromatic N) is 1. The van der Waals surface area contributed by atoms with E-state index in [4.69, 9.17) is 0 Å². The maximum Gasteiger partial charge on any atom is 0.115 e. The molecule has 0 amide bonds. The third kappa shape index (κ3) is 1.99. The van der Waals surface area contributed by atoms with Crippen molar-refractivity contribution < 1.29 is 5.11 Å². The molecule has 4 nitrogen and oxygen atoms in total. The highest BCUT2D eigenvalue weighted by molar-refractivity contribution is 5.40. The molecule has 2 atom stereocenters. The number of phenols is 1. The van der Waals surface area contributed by atoms with E-state index in [1.54, 1.807) is 6.07 Å². The van der Waals surface area contributed by atoms with Crippen LogP contribution in [0.15, 0.2) is 30.6 Å². The fourth-order valence-electron chi connectivity index (χ4n) is 2.67. The third-order valence-electron chi connectivity index (χ3n) is 3.67. The van der Waals surface area contributed by atoms with Gasteiger partial charge in [-0.25, -0.2) is 0 Å². The van der Waals surface area contributed by atoms with E-state index < -0.39 is 0 Å². The van der Waals surface area contributed by atoms with Crippen LogP contribution >= 0.6 is 0 Å². The minimum Gasteiger partial charge on any atom is -0.508 e. The van der Waals surface area contributed by atoms with Gasteiger partial charge in [-0.15, -0.1) is 0 Å². The number of nitrogens with one attached hydrogen (secondary N) is 2. The maximum atomic E-state index is 9.48. The van der Waals surface area contributed by atoms with Gasteiger partial charge < -0.3 is 10.4 Å². The number of hydrogen-bond donors (Lipinski definition) is 3. The van der Waals surface area contributed by atoms with E-state index in [9.17, 15) is 5.11 Å². The number of fused-ring (bicyclic) bond motifs is 1. The molecule has 0 aliphatic heterocycles. The zero-order valence-electron chi connectivity index (χ0n) is 10.4. The van der Waals surface area contributed by atoms with Crippen molar-refractivity contribution in [1.82, 2.24) is 15.5 Å². The molecule has 1 aromatic carbocycles. The Balaban J connectivity index is 1.77. The van der Waals surface area contributed by atoms with Gasteiger partial charge in [0.05, 0.1) is 6.20 Å². The van der Waals surface area contributed by atoms with Crippen molar-refractivity contribution in [2.24, 2.45) is 0 Å². The number of aromatic nitrogens is 2. The highest BCUT2D eigenvalue weighted by Crippen LogP contribution is 2.34. The molecule has 0 spiro atoms. The highest BCUT2D eigenvalue weighted by Gasteiger charge is 2.24. The number of aromatic hydroxyl groups is 1. The summed E-state index contributed by atoms with van der Waals surface area (Å²) in [6.07, 6.45) is 5.88. The standard InChI is InChI=1S/C14H17N3O/c1-9(11-7-15-16-8-11)17-14-5-2-10-6-12(18)3-4-13(10)14/h3-4,6-9,14,17-18H,2,5H2,1H3,(H,15,16). The molecule has 1 aromatic heterocycles. The van der Waals surface area contributed by atoms with E-state index in [1.807, 2.05) is 24.5 Å². The van der Waals surface area contributed by atoms with Crippen LogP contribution in [0, 0.1) is 0 Å². The van der Waals surface area contributed by atoms with Gasteiger partial charge in [0.2, 0.25) is 0 Å². The number of H-pyrrole nitrogens is 1. The summed E-state index contributed by atoms with van der Waals surface area (Å²) in [6.45, 7) is 2.14. The second-order valence-corrected chi connectivity index (χ2v) is 4.89. The topological polar surface area (TPSA) is 60.9 Å². The number of benzene rings is 1. The van der Waals surface area contributed by atoms with Crippen molar-refractivity contribution in [1.29, 1.82) is 0 Å². The molecule has 2 aromatic rings. The van der Waals surface area contributed by atoms with Gasteiger partial charge >= 0.3 is 0 Å². The molecule has 0 bridgehead atoms. The lowest BCUT2D eigenvalue weighted by Crippen LogP contribution is -2.22. The van der Waals surface area contributed by atoms with Crippen LogP contribution in [-0.2, 0) is 6.42 Å². The Labute approximate surface area is 106 Å². The first-order valence-electron chi connectivity index (χ1n) is 6.30. The molecule has 18 heavy (non-hydrogen) atoms. The van der Waals surface area contributed by atoms with Crippen LogP contribution < -0.4 is 5.32 Å². The van der Waals surface area contributed by atoms with Gasteiger partial charge in [-0.3, -0.25) is 5.10 Å². The zero-order valence-corrected chi connectivity index (χ0v) is 10.4. The van der Waals surface area contributed by atoms with Crippen LogP contribution in [0.3, 0.4) is 0 Å². The fraction of sp³-hybridized carbons (Fsp3) is 0.357. The van der Waals surface area contributed by atoms with Crippen LogP contribution in [0.2, 0.25) is 0 Å². The summed E-state index contributed by atoms with van der Waals surface area (Å²) < 4.78 is 0. The molecular weight excluding hydrogens is 226 g/mol. The molecule has 3 N–H and O–H groups in total. The first kappa shape index (κ1) is 11.3. The molecule has 94 valence electrons. The minimum absolute atomic E-state index is 0.272. The van der Waals surface area contributed by atoms with Gasteiger partial charge in [0, 0.05) is 23.8 Å². The van der Waals surface area contributed by atoms with Crippen molar-refractivity contribution in [3.8, 4) is 5.75 Å². The summed E-state index contributed by atoms with van der Waals surface area (Å²) in [7, 11) is 0. The molecular formula is C14H17N3O. The number of rotatable bonds is 3. The van der Waals surface area contributed by atoms with Gasteiger partial charge in [-0.1, -0.05) is 6.07 Å². The smallest absolute Gasteiger partial charge is 0.115 e. The third-order valence-corrected chi connectivity index (χ3v) is 3.67. The van der Waals surface area contributed by atoms with E-state index in [-0.39, 0.29) is 6.04 Å². The van der Waals surface area contributed by atoms with Gasteiger partial charge in [-0.2, -0.15) is 5.10 Å². The number of phenolic OH excluding ortho intramolecular Hbond substituents is 1. The predicted octanol–water partition coefficient (Wildman–Crippen LogP) is 2.45. The van der Waals surface area contributed by atoms with Crippen molar-refractivity contribution in [2.75, 3.05) is 0 Å². The number of aromatic amines is 1. The van der Waals surface area contributed by atoms with Crippen LogP contribution in [0.25, 0.3) is 0 Å². The first-order valence-corrected chi connectivity index (χ1v) is 6.30. The Hall–Kier alpha value is -1.81. The summed E-state index contributed by atoms with van der Waals surface area (Å²) in [6, 6.07) is 6.30. The van der Waals surface area contributed by atoms with Crippen LogP contribution in [0.5, 0.6) is 5.75 Å². The van der Waals surface area contributed by atoms with E-state index in [0.29, 0.717) is 11.8 Å². The summed E-state index contributed by atoms with van der Waals surface area (Å²) >= 11 is 0. The predicted molar refractivity (Wildman–Crippen MR) is 69.3 cm³/mol. The Bertz CT molecular complexity index is 536. The average Bonchev–Trinajstić information content (AvgIpc) is 2.98. The van der Waals surface area contributed by atoms with Crippen LogP contribution in [0.4, 0.5) is 0 Å². The molecule has 0 radical (unpaired) electrons. The Morgan fingerprint density at radius 1 is 1.50 bits per heavy atom. The molecule has 0 fully saturated rings. The average molecular weight is 243 g/mol. The van der Waals surface area contributed by atoms with Crippen molar-refractivity contribution in [2.45, 2.75) is 31.8 Å². The van der Waals surface area contributed by atoms with Gasteiger partial charge in [0.1, 0.15) is 5.75 Å². The SMILES string of the molecule is CC(NC1CCc2cc(O)ccc21)c1cn[nH]c1. The van der Waals surface area contributed by atoms with Crippen molar-refractivity contribution >= 4 is 0 Å². The number of hydrogen-bond acceptors (Lipinski definition) is 3. The quantitative estimate of drug-likeness (QED) is 0.776. The maximum absolute atomic E-state index is 9.48. The van der Waals surface area contributed by atoms with Gasteiger partial charge in [0.15, 0.2) is 0 Å². The lowest BCUT2D eigenvalue weighted by molar-refractivity contribution is 0.464. The lowest BCUT2D eigenvalue weighted by Gasteiger charge is -2.19. The van der Waals surface area contributed by atoms with E-state index >= 15 is 0 Å². The molecule has 4 heteroatoms. The highest BCUT2D eigenvalue weighted by atomic mass is 16.3. The first-order chi connectivity index (χ1) is 8.74. The summed E-state index contributed by atoms with van der Waals surface area (Å²) in [5.41, 5.74) is 3.73.